The Hall–Kier alpha value is -2.30. The van der Waals surface area contributed by atoms with E-state index in [1.54, 1.807) is 18.2 Å². The van der Waals surface area contributed by atoms with Crippen molar-refractivity contribution in [3.63, 3.8) is 0 Å². The number of nitrogens with two attached hydrogens (primary N) is 1. The lowest BCUT2D eigenvalue weighted by Gasteiger charge is -2.09. The Bertz CT molecular complexity index is 573. The van der Waals surface area contributed by atoms with Crippen LogP contribution in [-0.2, 0) is 0 Å². The summed E-state index contributed by atoms with van der Waals surface area (Å²) in [5, 5.41) is 0. The molecule has 1 heterocycles. The molecule has 2 N–H and O–H groups in total. The Morgan fingerprint density at radius 3 is 2.61 bits per heavy atom. The van der Waals surface area contributed by atoms with Crippen LogP contribution in [-0.4, -0.2) is 19.2 Å². The number of halogens is 1. The van der Waals surface area contributed by atoms with Crippen molar-refractivity contribution < 1.29 is 13.9 Å². The molecule has 0 atom stereocenters. The van der Waals surface area contributed by atoms with Crippen LogP contribution >= 0.6 is 0 Å². The highest BCUT2D eigenvalue weighted by atomic mass is 19.1. The number of ether oxygens (including phenoxy) is 2. The van der Waals surface area contributed by atoms with Gasteiger partial charge >= 0.3 is 0 Å². The number of hydrogen-bond donors (Lipinski definition) is 1. The van der Waals surface area contributed by atoms with Crippen LogP contribution < -0.4 is 15.2 Å². The molecule has 0 aliphatic heterocycles. The second-order valence-electron chi connectivity index (χ2n) is 3.64. The number of nitrogen functional groups attached to an aromatic ring is 1. The van der Waals surface area contributed by atoms with Gasteiger partial charge in [0, 0.05) is 23.4 Å². The van der Waals surface area contributed by atoms with Gasteiger partial charge in [0.15, 0.2) is 11.6 Å². The monoisotopic (exact) mass is 248 g/mol. The molecule has 0 spiro atoms. The van der Waals surface area contributed by atoms with E-state index in [0.717, 1.165) is 0 Å². The lowest BCUT2D eigenvalue weighted by molar-refractivity contribution is 0.387. The molecule has 18 heavy (non-hydrogen) atoms. The van der Waals surface area contributed by atoms with Gasteiger partial charge in [0.05, 0.1) is 19.9 Å². The van der Waals surface area contributed by atoms with Gasteiger partial charge in [0.1, 0.15) is 0 Å². The molecular formula is C13H13FN2O2. The largest absolute Gasteiger partial charge is 0.494 e. The Labute approximate surface area is 104 Å². The van der Waals surface area contributed by atoms with E-state index in [1.807, 2.05) is 0 Å². The molecule has 0 aliphatic carbocycles. The van der Waals surface area contributed by atoms with Crippen molar-refractivity contribution >= 4 is 5.69 Å². The van der Waals surface area contributed by atoms with Gasteiger partial charge < -0.3 is 15.2 Å². The molecule has 1 aromatic heterocycles. The Morgan fingerprint density at radius 2 is 1.94 bits per heavy atom. The van der Waals surface area contributed by atoms with Crippen molar-refractivity contribution in [3.05, 3.63) is 36.1 Å². The Balaban J connectivity index is 2.53. The van der Waals surface area contributed by atoms with Crippen LogP contribution in [0.2, 0.25) is 0 Å². The number of hydrogen-bond acceptors (Lipinski definition) is 4. The third-order valence-corrected chi connectivity index (χ3v) is 2.53. The van der Waals surface area contributed by atoms with E-state index >= 15 is 0 Å². The molecule has 0 bridgehead atoms. The summed E-state index contributed by atoms with van der Waals surface area (Å²) in [4.78, 5) is 4.21. The summed E-state index contributed by atoms with van der Waals surface area (Å²) >= 11 is 0. The maximum Gasteiger partial charge on any atom is 0.213 e. The SMILES string of the molecule is COc1cccc(-c2cc(F)c(OC)cc2N)n1. The predicted molar refractivity (Wildman–Crippen MR) is 67.1 cm³/mol. The summed E-state index contributed by atoms with van der Waals surface area (Å²) in [6, 6.07) is 7.95. The fourth-order valence-corrected chi connectivity index (χ4v) is 1.63. The maximum atomic E-state index is 13.7. The summed E-state index contributed by atoms with van der Waals surface area (Å²) in [6.07, 6.45) is 0. The highest BCUT2D eigenvalue weighted by molar-refractivity contribution is 5.75. The number of rotatable bonds is 3. The van der Waals surface area contributed by atoms with Gasteiger partial charge in [-0.05, 0) is 12.1 Å². The first-order chi connectivity index (χ1) is 8.65. The van der Waals surface area contributed by atoms with E-state index in [4.69, 9.17) is 15.2 Å². The minimum absolute atomic E-state index is 0.110. The van der Waals surface area contributed by atoms with Crippen LogP contribution in [0.4, 0.5) is 10.1 Å². The van der Waals surface area contributed by atoms with Crippen LogP contribution in [0, 0.1) is 5.82 Å². The summed E-state index contributed by atoms with van der Waals surface area (Å²) in [7, 11) is 2.91. The minimum Gasteiger partial charge on any atom is -0.494 e. The number of nitrogens with zero attached hydrogens (tertiary/aromatic N) is 1. The zero-order chi connectivity index (χ0) is 13.1. The summed E-state index contributed by atoms with van der Waals surface area (Å²) in [6.45, 7) is 0. The van der Waals surface area contributed by atoms with Gasteiger partial charge in [-0.15, -0.1) is 0 Å². The molecule has 2 aromatic rings. The topological polar surface area (TPSA) is 57.4 Å². The molecule has 2 rings (SSSR count). The number of anilines is 1. The molecule has 0 amide bonds. The van der Waals surface area contributed by atoms with Gasteiger partial charge in [-0.25, -0.2) is 9.37 Å². The van der Waals surface area contributed by atoms with E-state index < -0.39 is 5.82 Å². The van der Waals surface area contributed by atoms with Gasteiger partial charge in [0.2, 0.25) is 5.88 Å². The number of benzene rings is 1. The lowest BCUT2D eigenvalue weighted by Crippen LogP contribution is -1.97. The van der Waals surface area contributed by atoms with Crippen LogP contribution in [0.15, 0.2) is 30.3 Å². The van der Waals surface area contributed by atoms with Crippen molar-refractivity contribution in [3.8, 4) is 22.9 Å². The second kappa shape index (κ2) is 4.91. The predicted octanol–water partition coefficient (Wildman–Crippen LogP) is 2.49. The van der Waals surface area contributed by atoms with Crippen molar-refractivity contribution in [1.29, 1.82) is 0 Å². The van der Waals surface area contributed by atoms with Gasteiger partial charge in [-0.1, -0.05) is 6.07 Å². The average Bonchev–Trinajstić information content (AvgIpc) is 2.41. The van der Waals surface area contributed by atoms with Gasteiger partial charge in [-0.2, -0.15) is 0 Å². The molecule has 0 saturated carbocycles. The van der Waals surface area contributed by atoms with Crippen LogP contribution in [0.5, 0.6) is 11.6 Å². The summed E-state index contributed by atoms with van der Waals surface area (Å²) in [5.74, 6) is 0.0774. The maximum absolute atomic E-state index is 13.7. The zero-order valence-corrected chi connectivity index (χ0v) is 10.1. The molecule has 1 aromatic carbocycles. The van der Waals surface area contributed by atoms with Gasteiger partial charge in [-0.3, -0.25) is 0 Å². The van der Waals surface area contributed by atoms with Crippen molar-refractivity contribution in [2.75, 3.05) is 20.0 Å². The van der Waals surface area contributed by atoms with E-state index in [1.165, 1.54) is 26.4 Å². The number of pyridine rings is 1. The standard InChI is InChI=1S/C13H13FN2O2/c1-17-12-7-10(15)8(6-9(12)14)11-4-3-5-13(16-11)18-2/h3-7H,15H2,1-2H3. The second-order valence-corrected chi connectivity index (χ2v) is 3.64. The molecule has 0 fully saturated rings. The van der Waals surface area contributed by atoms with Crippen LogP contribution in [0.3, 0.4) is 0 Å². The van der Waals surface area contributed by atoms with E-state index in [-0.39, 0.29) is 5.75 Å². The Morgan fingerprint density at radius 1 is 1.17 bits per heavy atom. The van der Waals surface area contributed by atoms with E-state index in [2.05, 4.69) is 4.98 Å². The average molecular weight is 248 g/mol. The van der Waals surface area contributed by atoms with Crippen molar-refractivity contribution in [2.45, 2.75) is 0 Å². The molecule has 94 valence electrons. The smallest absolute Gasteiger partial charge is 0.213 e. The van der Waals surface area contributed by atoms with Crippen molar-refractivity contribution in [2.24, 2.45) is 0 Å². The van der Waals surface area contributed by atoms with E-state index in [9.17, 15) is 4.39 Å². The minimum atomic E-state index is -0.480. The third-order valence-electron chi connectivity index (χ3n) is 2.53. The van der Waals surface area contributed by atoms with E-state index in [0.29, 0.717) is 22.8 Å². The normalized spacial score (nSPS) is 10.2. The molecule has 0 unspecified atom stereocenters. The third kappa shape index (κ3) is 2.20. The molecule has 4 nitrogen and oxygen atoms in total. The first-order valence-corrected chi connectivity index (χ1v) is 5.30. The molecule has 0 saturated heterocycles. The van der Waals surface area contributed by atoms with Crippen LogP contribution in [0.1, 0.15) is 0 Å². The number of aromatic nitrogens is 1. The molecular weight excluding hydrogens is 235 g/mol. The van der Waals surface area contributed by atoms with Gasteiger partial charge in [0.25, 0.3) is 0 Å². The molecule has 0 radical (unpaired) electrons. The highest BCUT2D eigenvalue weighted by Crippen LogP contribution is 2.31. The summed E-state index contributed by atoms with van der Waals surface area (Å²) < 4.78 is 23.5. The first-order valence-electron chi connectivity index (χ1n) is 5.30. The number of methoxy groups -OCH3 is 2. The fraction of sp³-hybridized carbons (Fsp3) is 0.154. The van der Waals surface area contributed by atoms with Crippen molar-refractivity contribution in [1.82, 2.24) is 4.98 Å². The lowest BCUT2D eigenvalue weighted by atomic mass is 10.1. The molecule has 0 aliphatic rings. The summed E-state index contributed by atoms with van der Waals surface area (Å²) in [5.41, 5.74) is 7.32. The first kappa shape index (κ1) is 12.2. The quantitative estimate of drug-likeness (QED) is 0.848. The molecule has 5 heteroatoms. The Kier molecular flexibility index (Phi) is 3.32. The van der Waals surface area contributed by atoms with Crippen LogP contribution in [0.25, 0.3) is 11.3 Å². The zero-order valence-electron chi connectivity index (χ0n) is 10.1. The fourth-order valence-electron chi connectivity index (χ4n) is 1.63. The highest BCUT2D eigenvalue weighted by Gasteiger charge is 2.11.